The van der Waals surface area contributed by atoms with Gasteiger partial charge in [0.25, 0.3) is 0 Å². The predicted molar refractivity (Wildman–Crippen MR) is 139 cm³/mol. The van der Waals surface area contributed by atoms with Gasteiger partial charge in [0, 0.05) is 23.3 Å². The molecule has 1 aliphatic carbocycles. The van der Waals surface area contributed by atoms with Crippen molar-refractivity contribution in [1.82, 2.24) is 5.32 Å². The van der Waals surface area contributed by atoms with Crippen LogP contribution >= 0.6 is 11.3 Å². The number of rotatable bonds is 12. The van der Waals surface area contributed by atoms with Gasteiger partial charge in [-0.15, -0.1) is 11.3 Å². The normalized spacial score (nSPS) is 21.9. The highest BCUT2D eigenvalue weighted by Crippen LogP contribution is 2.34. The maximum atomic E-state index is 12.9. The Kier molecular flexibility index (Phi) is 11.2. The molecule has 1 aromatic rings. The fourth-order valence-corrected chi connectivity index (χ4v) is 4.80. The molecule has 33 heavy (non-hydrogen) atoms. The van der Waals surface area contributed by atoms with Crippen LogP contribution in [0.15, 0.2) is 63.9 Å². The molecule has 0 aromatic carbocycles. The highest BCUT2D eigenvalue weighted by Gasteiger charge is 2.41. The van der Waals surface area contributed by atoms with Crippen molar-refractivity contribution in [2.24, 2.45) is 11.8 Å². The number of hydrogen-bond acceptors (Lipinski definition) is 5. The van der Waals surface area contributed by atoms with Crippen molar-refractivity contribution in [3.63, 3.8) is 0 Å². The molecule has 0 amide bonds. The van der Waals surface area contributed by atoms with Crippen LogP contribution in [-0.4, -0.2) is 24.1 Å². The number of allylic oxidation sites excluding steroid dienone is 7. The highest BCUT2D eigenvalue weighted by molar-refractivity contribution is 7.09. The Morgan fingerprint density at radius 3 is 2.39 bits per heavy atom. The number of hydrogen-bond donors (Lipinski definition) is 2. The Bertz CT molecular complexity index is 888. The lowest BCUT2D eigenvalue weighted by Gasteiger charge is -2.35. The molecule has 0 spiro atoms. The number of carbonyl (C=O) groups is 1. The number of ether oxygens (including phenoxy) is 1. The van der Waals surface area contributed by atoms with E-state index < -0.39 is 6.10 Å². The van der Waals surface area contributed by atoms with Gasteiger partial charge in [0.05, 0.1) is 12.8 Å². The molecule has 0 radical (unpaired) electrons. The Hall–Kier alpha value is -2.11. The summed E-state index contributed by atoms with van der Waals surface area (Å²) >= 11 is 1.64. The van der Waals surface area contributed by atoms with Crippen molar-refractivity contribution in [3.05, 3.63) is 68.8 Å². The molecule has 2 rings (SSSR count). The number of Topliss-reactive ketones (excluding diaryl/α,β-unsaturated/α-hetero) is 1. The lowest BCUT2D eigenvalue weighted by molar-refractivity contribution is -0.126. The van der Waals surface area contributed by atoms with Crippen LogP contribution in [0.4, 0.5) is 0 Å². The van der Waals surface area contributed by atoms with E-state index in [0.29, 0.717) is 18.7 Å². The summed E-state index contributed by atoms with van der Waals surface area (Å²) in [6.07, 6.45) is 10.9. The minimum atomic E-state index is -0.756. The average Bonchev–Trinajstić information content (AvgIpc) is 3.28. The lowest BCUT2D eigenvalue weighted by atomic mass is 9.76. The van der Waals surface area contributed by atoms with E-state index in [1.165, 1.54) is 23.8 Å². The van der Waals surface area contributed by atoms with Crippen molar-refractivity contribution < 1.29 is 14.6 Å². The summed E-state index contributed by atoms with van der Waals surface area (Å²) in [4.78, 5) is 14.1. The van der Waals surface area contributed by atoms with Gasteiger partial charge in [-0.1, -0.05) is 47.9 Å². The fraction of sp³-hybridized carbons (Fsp3) is 0.536. The van der Waals surface area contributed by atoms with E-state index in [9.17, 15) is 9.90 Å². The molecular weight excluding hydrogens is 430 g/mol. The molecule has 1 unspecified atom stereocenters. The number of aliphatic hydroxyl groups is 1. The number of carbonyl (C=O) groups excluding carboxylic acids is 1. The standard InChI is InChI=1S/C28H41NO3S/c1-19(2)10-7-11-20(3)12-8-13-21(4)15-16-24-22(5)26(30)28(32-6)25(27(24)31)29-18-23-14-9-17-33-23/h9-10,12,14-15,17,22,24,27,29,31H,7-8,11,13,16,18H2,1-6H3/b20-12+,21-15+/t22-,24-,27?/m0/s1. The van der Waals surface area contributed by atoms with Gasteiger partial charge in [0.15, 0.2) is 5.76 Å². The van der Waals surface area contributed by atoms with Gasteiger partial charge >= 0.3 is 0 Å². The van der Waals surface area contributed by atoms with E-state index >= 15 is 0 Å². The van der Waals surface area contributed by atoms with E-state index in [0.717, 1.165) is 30.6 Å². The first-order valence-corrected chi connectivity index (χ1v) is 12.8. The molecule has 0 saturated carbocycles. The van der Waals surface area contributed by atoms with E-state index in [1.807, 2.05) is 24.4 Å². The first kappa shape index (κ1) is 27.1. The van der Waals surface area contributed by atoms with Crippen LogP contribution in [0.3, 0.4) is 0 Å². The smallest absolute Gasteiger partial charge is 0.202 e. The largest absolute Gasteiger partial charge is 0.491 e. The lowest BCUT2D eigenvalue weighted by Crippen LogP contribution is -2.43. The third-order valence-electron chi connectivity index (χ3n) is 6.32. The molecule has 0 bridgehead atoms. The van der Waals surface area contributed by atoms with Gasteiger partial charge in [0.2, 0.25) is 5.78 Å². The molecule has 1 aromatic heterocycles. The first-order valence-electron chi connectivity index (χ1n) is 12.0. The van der Waals surface area contributed by atoms with E-state index in [2.05, 4.69) is 51.2 Å². The van der Waals surface area contributed by atoms with Gasteiger partial charge in [-0.2, -0.15) is 0 Å². The van der Waals surface area contributed by atoms with Crippen LogP contribution in [0.25, 0.3) is 0 Å². The minimum absolute atomic E-state index is 0.0394. The molecule has 1 aliphatic rings. The molecule has 182 valence electrons. The first-order chi connectivity index (χ1) is 15.7. The summed E-state index contributed by atoms with van der Waals surface area (Å²) in [6.45, 7) is 11.1. The van der Waals surface area contributed by atoms with E-state index in [4.69, 9.17) is 4.74 Å². The maximum Gasteiger partial charge on any atom is 0.202 e. The van der Waals surface area contributed by atoms with Gasteiger partial charge < -0.3 is 15.2 Å². The summed E-state index contributed by atoms with van der Waals surface area (Å²) in [5, 5.41) is 16.4. The van der Waals surface area contributed by atoms with Crippen molar-refractivity contribution in [1.29, 1.82) is 0 Å². The zero-order valence-corrected chi connectivity index (χ0v) is 21.9. The van der Waals surface area contributed by atoms with Crippen molar-refractivity contribution in [3.8, 4) is 0 Å². The van der Waals surface area contributed by atoms with Crippen molar-refractivity contribution in [2.75, 3.05) is 7.11 Å². The van der Waals surface area contributed by atoms with Crippen LogP contribution in [0.2, 0.25) is 0 Å². The summed E-state index contributed by atoms with van der Waals surface area (Å²) in [7, 11) is 1.50. The van der Waals surface area contributed by atoms with Gasteiger partial charge in [-0.05, 0) is 71.2 Å². The SMILES string of the molecule is COC1=C(NCc2cccs2)C(O)[C@@H](C/C=C(\C)CC/C=C(\C)CCC=C(C)C)[C@H](C)C1=O. The van der Waals surface area contributed by atoms with Gasteiger partial charge in [0.1, 0.15) is 6.10 Å². The topological polar surface area (TPSA) is 58.6 Å². The number of nitrogens with one attached hydrogen (secondary N) is 1. The third kappa shape index (κ3) is 8.31. The van der Waals surface area contributed by atoms with Crippen molar-refractivity contribution >= 4 is 17.1 Å². The Labute approximate surface area is 204 Å². The van der Waals surface area contributed by atoms with E-state index in [1.54, 1.807) is 11.3 Å². The summed E-state index contributed by atoms with van der Waals surface area (Å²) < 4.78 is 5.40. The predicted octanol–water partition coefficient (Wildman–Crippen LogP) is 6.70. The summed E-state index contributed by atoms with van der Waals surface area (Å²) in [5.74, 6) is -0.235. The highest BCUT2D eigenvalue weighted by atomic mass is 32.1. The summed E-state index contributed by atoms with van der Waals surface area (Å²) in [5.41, 5.74) is 4.61. The van der Waals surface area contributed by atoms with Gasteiger partial charge in [-0.25, -0.2) is 0 Å². The maximum absolute atomic E-state index is 12.9. The number of ketones is 1. The monoisotopic (exact) mass is 471 g/mol. The molecular formula is C28H41NO3S. The van der Waals surface area contributed by atoms with Gasteiger partial charge in [-0.3, -0.25) is 4.79 Å². The molecule has 4 nitrogen and oxygen atoms in total. The zero-order chi connectivity index (χ0) is 24.4. The zero-order valence-electron chi connectivity index (χ0n) is 21.1. The molecule has 0 saturated heterocycles. The van der Waals surface area contributed by atoms with Crippen LogP contribution in [0.1, 0.15) is 71.6 Å². The molecule has 3 atom stereocenters. The quantitative estimate of drug-likeness (QED) is 0.333. The number of methoxy groups -OCH3 is 1. The summed E-state index contributed by atoms with van der Waals surface area (Å²) in [6, 6.07) is 4.03. The Morgan fingerprint density at radius 2 is 1.79 bits per heavy atom. The van der Waals surface area contributed by atoms with Crippen LogP contribution < -0.4 is 5.32 Å². The molecule has 0 fully saturated rings. The molecule has 5 heteroatoms. The average molecular weight is 472 g/mol. The second-order valence-corrected chi connectivity index (χ2v) is 10.4. The Balaban J connectivity index is 1.98. The van der Waals surface area contributed by atoms with Crippen LogP contribution in [-0.2, 0) is 16.1 Å². The fourth-order valence-electron chi connectivity index (χ4n) is 4.16. The van der Waals surface area contributed by atoms with Crippen molar-refractivity contribution in [2.45, 2.75) is 79.4 Å². The second kappa shape index (κ2) is 13.6. The van der Waals surface area contributed by atoms with Crippen LogP contribution in [0.5, 0.6) is 0 Å². The third-order valence-corrected chi connectivity index (χ3v) is 7.20. The van der Waals surface area contributed by atoms with Crippen LogP contribution in [0, 0.1) is 11.8 Å². The molecule has 0 aliphatic heterocycles. The number of aliphatic hydroxyl groups excluding tert-OH is 1. The minimum Gasteiger partial charge on any atom is -0.491 e. The molecule has 2 N–H and O–H groups in total. The Morgan fingerprint density at radius 1 is 1.12 bits per heavy atom. The second-order valence-electron chi connectivity index (χ2n) is 9.34. The number of thiophene rings is 1. The van der Waals surface area contributed by atoms with E-state index in [-0.39, 0.29) is 23.4 Å². The molecule has 1 heterocycles.